The van der Waals surface area contributed by atoms with Crippen molar-refractivity contribution < 1.29 is 9.84 Å². The Balaban J connectivity index is 2.44. The largest absolute Gasteiger partial charge is 0.496 e. The number of ether oxygens (including phenoxy) is 1. The van der Waals surface area contributed by atoms with E-state index in [2.05, 4.69) is 29.7 Å². The van der Waals surface area contributed by atoms with Crippen LogP contribution in [0.25, 0.3) is 0 Å². The van der Waals surface area contributed by atoms with Crippen molar-refractivity contribution in [3.8, 4) is 5.75 Å². The molecule has 21 heavy (non-hydrogen) atoms. The molecule has 0 saturated heterocycles. The highest BCUT2D eigenvalue weighted by molar-refractivity contribution is 6.76. The Labute approximate surface area is 126 Å². The highest BCUT2D eigenvalue weighted by Gasteiger charge is 2.37. The Morgan fingerprint density at radius 3 is 2.57 bits per heavy atom. The number of para-hydroxylation sites is 1. The zero-order chi connectivity index (χ0) is 15.5. The number of rotatable bonds is 6. The molecule has 1 heterocycles. The van der Waals surface area contributed by atoms with E-state index < -0.39 is 13.7 Å². The van der Waals surface area contributed by atoms with Crippen molar-refractivity contribution >= 4 is 8.07 Å². The second kappa shape index (κ2) is 5.99. The van der Waals surface area contributed by atoms with E-state index in [1.807, 2.05) is 24.3 Å². The number of methoxy groups -OCH3 is 1. The quantitative estimate of drug-likeness (QED) is 0.833. The summed E-state index contributed by atoms with van der Waals surface area (Å²) in [5, 5.41) is 15.5. The number of benzene rings is 1. The summed E-state index contributed by atoms with van der Waals surface area (Å²) in [6.45, 7) is 7.11. The molecule has 1 atom stereocenters. The van der Waals surface area contributed by atoms with Gasteiger partial charge < -0.3 is 9.84 Å². The van der Waals surface area contributed by atoms with E-state index >= 15 is 0 Å². The summed E-state index contributed by atoms with van der Waals surface area (Å²) in [6.07, 6.45) is 3.11. The standard InChI is InChI=1S/C15H23N3O2Si/c1-20-14-8-6-5-7-13(14)15(19,10-21(2,3)4)9-18-12-16-11-17-18/h5-8,11-12,19H,9-10H2,1-4H3. The van der Waals surface area contributed by atoms with Gasteiger partial charge in [0, 0.05) is 13.6 Å². The Bertz CT molecular complexity index is 581. The van der Waals surface area contributed by atoms with Gasteiger partial charge in [0.25, 0.3) is 0 Å². The molecule has 1 N–H and O–H groups in total. The van der Waals surface area contributed by atoms with Crippen molar-refractivity contribution in [1.82, 2.24) is 14.8 Å². The lowest BCUT2D eigenvalue weighted by Crippen LogP contribution is -2.39. The number of aromatic nitrogens is 3. The first kappa shape index (κ1) is 15.7. The maximum absolute atomic E-state index is 11.4. The third kappa shape index (κ3) is 3.92. The molecule has 0 amide bonds. The molecule has 6 heteroatoms. The normalized spacial score (nSPS) is 14.7. The van der Waals surface area contributed by atoms with Crippen LogP contribution in [0.3, 0.4) is 0 Å². The lowest BCUT2D eigenvalue weighted by molar-refractivity contribution is 0.0309. The van der Waals surface area contributed by atoms with Gasteiger partial charge >= 0.3 is 0 Å². The number of nitrogens with zero attached hydrogens (tertiary/aromatic N) is 3. The summed E-state index contributed by atoms with van der Waals surface area (Å²) < 4.78 is 7.11. The summed E-state index contributed by atoms with van der Waals surface area (Å²) in [4.78, 5) is 3.96. The topological polar surface area (TPSA) is 60.2 Å². The van der Waals surface area contributed by atoms with Gasteiger partial charge in [-0.2, -0.15) is 5.10 Å². The third-order valence-corrected chi connectivity index (χ3v) is 4.97. The number of aliphatic hydroxyl groups is 1. The molecule has 114 valence electrons. The van der Waals surface area contributed by atoms with E-state index in [4.69, 9.17) is 4.74 Å². The van der Waals surface area contributed by atoms with Gasteiger partial charge in [-0.15, -0.1) is 0 Å². The first-order valence-electron chi connectivity index (χ1n) is 7.02. The Hall–Kier alpha value is -1.66. The second-order valence-corrected chi connectivity index (χ2v) is 12.0. The van der Waals surface area contributed by atoms with Crippen molar-refractivity contribution in [2.45, 2.75) is 37.8 Å². The minimum Gasteiger partial charge on any atom is -0.496 e. The van der Waals surface area contributed by atoms with Gasteiger partial charge in [0.2, 0.25) is 0 Å². The van der Waals surface area contributed by atoms with Crippen LogP contribution in [-0.2, 0) is 12.1 Å². The number of hydrogen-bond acceptors (Lipinski definition) is 4. The minimum atomic E-state index is -1.51. The minimum absolute atomic E-state index is 0.373. The molecular weight excluding hydrogens is 282 g/mol. The molecule has 0 aliphatic carbocycles. The van der Waals surface area contributed by atoms with E-state index in [9.17, 15) is 5.11 Å². The molecule has 0 spiro atoms. The highest BCUT2D eigenvalue weighted by atomic mass is 28.3. The fourth-order valence-electron chi connectivity index (χ4n) is 2.73. The van der Waals surface area contributed by atoms with E-state index in [1.54, 1.807) is 18.1 Å². The fraction of sp³-hybridized carbons (Fsp3) is 0.467. The van der Waals surface area contributed by atoms with Gasteiger partial charge in [-0.25, -0.2) is 9.67 Å². The first-order valence-corrected chi connectivity index (χ1v) is 10.7. The molecule has 5 nitrogen and oxygen atoms in total. The van der Waals surface area contributed by atoms with Crippen molar-refractivity contribution in [2.24, 2.45) is 0 Å². The molecule has 0 bridgehead atoms. The zero-order valence-corrected chi connectivity index (χ0v) is 14.1. The van der Waals surface area contributed by atoms with Crippen molar-refractivity contribution in [1.29, 1.82) is 0 Å². The van der Waals surface area contributed by atoms with Crippen LogP contribution in [0.2, 0.25) is 25.7 Å². The van der Waals surface area contributed by atoms with Crippen LogP contribution in [0.5, 0.6) is 5.75 Å². The number of hydrogen-bond donors (Lipinski definition) is 1. The molecule has 0 radical (unpaired) electrons. The maximum atomic E-state index is 11.4. The highest BCUT2D eigenvalue weighted by Crippen LogP contribution is 2.37. The summed E-state index contributed by atoms with van der Waals surface area (Å²) in [5.41, 5.74) is -0.199. The summed E-state index contributed by atoms with van der Waals surface area (Å²) in [5.74, 6) is 0.707. The first-order chi connectivity index (χ1) is 9.84. The van der Waals surface area contributed by atoms with Gasteiger partial charge in [0.15, 0.2) is 0 Å². The lowest BCUT2D eigenvalue weighted by Gasteiger charge is -2.34. The average molecular weight is 305 g/mol. The van der Waals surface area contributed by atoms with E-state index in [0.29, 0.717) is 12.3 Å². The Morgan fingerprint density at radius 1 is 1.29 bits per heavy atom. The fourth-order valence-corrected chi connectivity index (χ4v) is 4.78. The SMILES string of the molecule is COc1ccccc1C(O)(Cn1cncn1)C[Si](C)(C)C. The van der Waals surface area contributed by atoms with Gasteiger partial charge in [0.05, 0.1) is 13.7 Å². The van der Waals surface area contributed by atoms with Crippen LogP contribution in [0.4, 0.5) is 0 Å². The van der Waals surface area contributed by atoms with Crippen LogP contribution in [0.15, 0.2) is 36.9 Å². The molecule has 1 unspecified atom stereocenters. The molecule has 0 aliphatic rings. The van der Waals surface area contributed by atoms with Gasteiger partial charge in [0.1, 0.15) is 24.0 Å². The smallest absolute Gasteiger partial charge is 0.137 e. The van der Waals surface area contributed by atoms with Gasteiger partial charge in [-0.1, -0.05) is 37.8 Å². The molecule has 0 saturated carbocycles. The zero-order valence-electron chi connectivity index (χ0n) is 13.1. The molecular formula is C15H23N3O2Si. The second-order valence-electron chi connectivity index (χ2n) is 6.56. The third-order valence-electron chi connectivity index (χ3n) is 3.32. The molecule has 0 fully saturated rings. The van der Waals surface area contributed by atoms with Crippen molar-refractivity contribution in [3.63, 3.8) is 0 Å². The van der Waals surface area contributed by atoms with Crippen LogP contribution < -0.4 is 4.74 Å². The summed E-state index contributed by atoms with van der Waals surface area (Å²) >= 11 is 0. The van der Waals surface area contributed by atoms with Crippen molar-refractivity contribution in [3.05, 3.63) is 42.5 Å². The Morgan fingerprint density at radius 2 is 2.00 bits per heavy atom. The summed E-state index contributed by atoms with van der Waals surface area (Å²) in [7, 11) is 0.117. The van der Waals surface area contributed by atoms with E-state index in [-0.39, 0.29) is 0 Å². The molecule has 2 aromatic rings. The van der Waals surface area contributed by atoms with Crippen LogP contribution in [-0.4, -0.2) is 35.1 Å². The van der Waals surface area contributed by atoms with Crippen molar-refractivity contribution in [2.75, 3.05) is 7.11 Å². The van der Waals surface area contributed by atoms with Gasteiger partial charge in [-0.3, -0.25) is 0 Å². The Kier molecular flexibility index (Phi) is 4.48. The van der Waals surface area contributed by atoms with Gasteiger partial charge in [-0.05, 0) is 12.1 Å². The van der Waals surface area contributed by atoms with Crippen LogP contribution >= 0.6 is 0 Å². The lowest BCUT2D eigenvalue weighted by atomic mass is 9.94. The van der Waals surface area contributed by atoms with E-state index in [0.717, 1.165) is 11.6 Å². The predicted octanol–water partition coefficient (Wildman–Crippen LogP) is 2.51. The van der Waals surface area contributed by atoms with Crippen LogP contribution in [0, 0.1) is 0 Å². The monoisotopic (exact) mass is 305 g/mol. The molecule has 0 aliphatic heterocycles. The predicted molar refractivity (Wildman–Crippen MR) is 85.1 cm³/mol. The molecule has 1 aromatic carbocycles. The van der Waals surface area contributed by atoms with Crippen LogP contribution in [0.1, 0.15) is 5.56 Å². The maximum Gasteiger partial charge on any atom is 0.137 e. The summed E-state index contributed by atoms with van der Waals surface area (Å²) in [6, 6.07) is 8.36. The van der Waals surface area contributed by atoms with E-state index in [1.165, 1.54) is 6.33 Å². The molecule has 1 aromatic heterocycles. The average Bonchev–Trinajstić information content (AvgIpc) is 2.89. The molecule has 2 rings (SSSR count).